The summed E-state index contributed by atoms with van der Waals surface area (Å²) in [5, 5.41) is 14.6. The highest BCUT2D eigenvalue weighted by Crippen LogP contribution is 2.40. The Morgan fingerprint density at radius 3 is 1.91 bits per heavy atom. The molecule has 1 amide bonds. The van der Waals surface area contributed by atoms with E-state index < -0.39 is 11.9 Å². The van der Waals surface area contributed by atoms with Crippen molar-refractivity contribution < 1.29 is 28.9 Å². The Kier molecular flexibility index (Phi) is 7.03. The molecule has 0 spiro atoms. The highest BCUT2D eigenvalue weighted by molar-refractivity contribution is 7.15. The second-order valence-corrected chi connectivity index (χ2v) is 8.35. The van der Waals surface area contributed by atoms with Crippen LogP contribution in [0.25, 0.3) is 22.3 Å². The maximum absolute atomic E-state index is 13.0. The van der Waals surface area contributed by atoms with Gasteiger partial charge in [0.25, 0.3) is 5.91 Å². The third kappa shape index (κ3) is 4.83. The van der Waals surface area contributed by atoms with Gasteiger partial charge in [-0.3, -0.25) is 4.79 Å². The Labute approximate surface area is 206 Å². The molecular formula is C27H23NO6S. The lowest BCUT2D eigenvalue weighted by Crippen LogP contribution is -2.14. The summed E-state index contributed by atoms with van der Waals surface area (Å²) in [5.74, 6) is -0.634. The average molecular weight is 490 g/mol. The van der Waals surface area contributed by atoms with Crippen LogP contribution in [0.15, 0.2) is 72.1 Å². The number of amides is 1. The van der Waals surface area contributed by atoms with Gasteiger partial charge in [0, 0.05) is 16.5 Å². The normalized spacial score (nSPS) is 10.5. The fourth-order valence-corrected chi connectivity index (χ4v) is 4.69. The first-order chi connectivity index (χ1) is 17.0. The number of methoxy groups -OCH3 is 3. The number of carbonyl (C=O) groups is 2. The summed E-state index contributed by atoms with van der Waals surface area (Å²) in [6.07, 6.45) is 0. The number of anilines is 1. The van der Waals surface area contributed by atoms with E-state index in [1.807, 2.05) is 54.6 Å². The van der Waals surface area contributed by atoms with Gasteiger partial charge in [0.15, 0.2) is 11.5 Å². The van der Waals surface area contributed by atoms with Crippen LogP contribution in [0.1, 0.15) is 20.7 Å². The van der Waals surface area contributed by atoms with E-state index in [2.05, 4.69) is 5.32 Å². The molecule has 1 heterocycles. The number of nitrogens with one attached hydrogen (secondary N) is 1. The fourth-order valence-electron chi connectivity index (χ4n) is 3.73. The van der Waals surface area contributed by atoms with Gasteiger partial charge in [-0.25, -0.2) is 4.79 Å². The summed E-state index contributed by atoms with van der Waals surface area (Å²) in [7, 11) is 4.38. The van der Waals surface area contributed by atoms with Crippen LogP contribution in [-0.4, -0.2) is 38.3 Å². The number of hydrogen-bond acceptors (Lipinski definition) is 6. The van der Waals surface area contributed by atoms with E-state index in [4.69, 9.17) is 14.2 Å². The van der Waals surface area contributed by atoms with Crippen LogP contribution in [0, 0.1) is 0 Å². The molecule has 0 unspecified atom stereocenters. The highest BCUT2D eigenvalue weighted by Gasteiger charge is 2.23. The van der Waals surface area contributed by atoms with Crippen LogP contribution in [0.3, 0.4) is 0 Å². The molecule has 0 saturated carbocycles. The molecule has 3 aromatic carbocycles. The maximum Gasteiger partial charge on any atom is 0.339 e. The second-order valence-electron chi connectivity index (χ2n) is 7.47. The van der Waals surface area contributed by atoms with Crippen molar-refractivity contribution in [2.24, 2.45) is 0 Å². The van der Waals surface area contributed by atoms with Crippen molar-refractivity contribution in [2.75, 3.05) is 26.6 Å². The minimum Gasteiger partial charge on any atom is -0.493 e. The predicted molar refractivity (Wildman–Crippen MR) is 136 cm³/mol. The van der Waals surface area contributed by atoms with Gasteiger partial charge < -0.3 is 24.6 Å². The van der Waals surface area contributed by atoms with Crippen molar-refractivity contribution in [2.45, 2.75) is 0 Å². The van der Waals surface area contributed by atoms with Gasteiger partial charge in [0.05, 0.1) is 21.3 Å². The molecule has 4 aromatic rings. The molecule has 0 saturated heterocycles. The molecule has 0 fully saturated rings. The fraction of sp³-hybridized carbons (Fsp3) is 0.111. The zero-order chi connectivity index (χ0) is 24.9. The van der Waals surface area contributed by atoms with Crippen molar-refractivity contribution in [3.05, 3.63) is 83.2 Å². The minimum atomic E-state index is -1.13. The van der Waals surface area contributed by atoms with Crippen LogP contribution < -0.4 is 19.5 Å². The monoisotopic (exact) mass is 489 g/mol. The summed E-state index contributed by atoms with van der Waals surface area (Å²) >= 11 is 1.15. The Morgan fingerprint density at radius 1 is 0.800 bits per heavy atom. The molecule has 35 heavy (non-hydrogen) atoms. The summed E-state index contributed by atoms with van der Waals surface area (Å²) in [5.41, 5.74) is 3.63. The van der Waals surface area contributed by atoms with E-state index in [0.717, 1.165) is 28.0 Å². The van der Waals surface area contributed by atoms with E-state index in [1.54, 1.807) is 5.38 Å². The molecule has 8 heteroatoms. The first-order valence-corrected chi connectivity index (χ1v) is 11.5. The van der Waals surface area contributed by atoms with Gasteiger partial charge in [0.1, 0.15) is 10.6 Å². The topological polar surface area (TPSA) is 94.1 Å². The minimum absolute atomic E-state index is 0.0308. The number of ether oxygens (including phenoxy) is 3. The number of hydrogen-bond donors (Lipinski definition) is 2. The molecule has 1 aromatic heterocycles. The lowest BCUT2D eigenvalue weighted by atomic mass is 9.99. The average Bonchev–Trinajstić information content (AvgIpc) is 3.32. The maximum atomic E-state index is 13.0. The van der Waals surface area contributed by atoms with Crippen molar-refractivity contribution in [1.82, 2.24) is 0 Å². The van der Waals surface area contributed by atoms with Crippen molar-refractivity contribution >= 4 is 28.2 Å². The number of rotatable bonds is 8. The SMILES string of the molecule is COc1cc(C(=O)Nc2scc(-c3ccc(-c4ccccc4)cc3)c2C(=O)O)cc(OC)c1OC. The first-order valence-electron chi connectivity index (χ1n) is 10.6. The number of benzene rings is 3. The molecule has 0 aliphatic heterocycles. The first kappa shape index (κ1) is 23.8. The third-order valence-electron chi connectivity index (χ3n) is 5.46. The zero-order valence-corrected chi connectivity index (χ0v) is 20.1. The van der Waals surface area contributed by atoms with Crippen LogP contribution in [0.4, 0.5) is 5.00 Å². The van der Waals surface area contributed by atoms with Crippen molar-refractivity contribution in [1.29, 1.82) is 0 Å². The second kappa shape index (κ2) is 10.3. The number of thiophene rings is 1. The summed E-state index contributed by atoms with van der Waals surface area (Å²) in [6, 6.07) is 20.6. The Morgan fingerprint density at radius 2 is 1.37 bits per heavy atom. The van der Waals surface area contributed by atoms with Crippen LogP contribution in [-0.2, 0) is 0 Å². The van der Waals surface area contributed by atoms with E-state index >= 15 is 0 Å². The lowest BCUT2D eigenvalue weighted by Gasteiger charge is -2.14. The number of carboxylic acid groups (broad SMARTS) is 1. The summed E-state index contributed by atoms with van der Waals surface area (Å²) < 4.78 is 15.9. The van der Waals surface area contributed by atoms with Gasteiger partial charge in [-0.1, -0.05) is 54.6 Å². The molecule has 0 atom stereocenters. The van der Waals surface area contributed by atoms with E-state index in [0.29, 0.717) is 22.8 Å². The Balaban J connectivity index is 1.65. The number of aromatic carboxylic acids is 1. The molecule has 178 valence electrons. The summed E-state index contributed by atoms with van der Waals surface area (Å²) in [4.78, 5) is 25.2. The quantitative estimate of drug-likeness (QED) is 0.313. The third-order valence-corrected chi connectivity index (χ3v) is 6.36. The smallest absolute Gasteiger partial charge is 0.339 e. The largest absolute Gasteiger partial charge is 0.493 e. The molecule has 7 nitrogen and oxygen atoms in total. The molecule has 4 rings (SSSR count). The molecule has 0 bridgehead atoms. The van der Waals surface area contributed by atoms with Crippen LogP contribution in [0.2, 0.25) is 0 Å². The van der Waals surface area contributed by atoms with Gasteiger partial charge in [0.2, 0.25) is 5.75 Å². The lowest BCUT2D eigenvalue weighted by molar-refractivity contribution is 0.0699. The summed E-state index contributed by atoms with van der Waals surface area (Å²) in [6.45, 7) is 0. The van der Waals surface area contributed by atoms with Crippen LogP contribution in [0.5, 0.6) is 17.2 Å². The van der Waals surface area contributed by atoms with Gasteiger partial charge in [-0.15, -0.1) is 11.3 Å². The zero-order valence-electron chi connectivity index (χ0n) is 19.3. The van der Waals surface area contributed by atoms with Crippen molar-refractivity contribution in [3.8, 4) is 39.5 Å². The van der Waals surface area contributed by atoms with Crippen LogP contribution >= 0.6 is 11.3 Å². The number of carboxylic acids is 1. The van der Waals surface area contributed by atoms with E-state index in [9.17, 15) is 14.7 Å². The predicted octanol–water partition coefficient (Wildman–Crippen LogP) is 6.06. The molecule has 0 aliphatic carbocycles. The number of carbonyl (C=O) groups excluding carboxylic acids is 1. The standard InChI is InChI=1S/C27H23NO6S/c1-32-21-13-19(14-22(33-2)24(21)34-3)25(29)28-26-23(27(30)31)20(15-35-26)18-11-9-17(10-12-18)16-7-5-4-6-8-16/h4-15H,1-3H3,(H,28,29)(H,30,31). The Hall–Kier alpha value is -4.30. The van der Waals surface area contributed by atoms with Gasteiger partial charge in [-0.2, -0.15) is 0 Å². The molecule has 0 aliphatic rings. The van der Waals surface area contributed by atoms with E-state index in [1.165, 1.54) is 33.5 Å². The van der Waals surface area contributed by atoms with Gasteiger partial charge >= 0.3 is 5.97 Å². The highest BCUT2D eigenvalue weighted by atomic mass is 32.1. The molecule has 2 N–H and O–H groups in total. The molecule has 0 radical (unpaired) electrons. The van der Waals surface area contributed by atoms with Gasteiger partial charge in [-0.05, 0) is 28.8 Å². The Bertz CT molecular complexity index is 1340. The molecular weight excluding hydrogens is 466 g/mol. The van der Waals surface area contributed by atoms with Crippen molar-refractivity contribution in [3.63, 3.8) is 0 Å². The van der Waals surface area contributed by atoms with E-state index in [-0.39, 0.29) is 16.1 Å².